The number of ether oxygens (including phenoxy) is 1. The fourth-order valence-corrected chi connectivity index (χ4v) is 5.42. The van der Waals surface area contributed by atoms with Crippen LogP contribution in [0.15, 0.2) is 89.2 Å². The van der Waals surface area contributed by atoms with Crippen LogP contribution in [0.25, 0.3) is 0 Å². The Balaban J connectivity index is 1.06. The van der Waals surface area contributed by atoms with E-state index in [2.05, 4.69) is 32.7 Å². The van der Waals surface area contributed by atoms with Crippen molar-refractivity contribution in [2.45, 2.75) is 57.3 Å². The SMILES string of the molecule is N#Cc1ccc(CCC(=O)N2CCC(CC(=O)NC(Cc3ccc(OCc4ccccc4)cc3)C3N=NNN3)CC2)cc1. The summed E-state index contributed by atoms with van der Waals surface area (Å²) in [6, 6.07) is 27.1. The monoisotopic (exact) mass is 579 g/mol. The van der Waals surface area contributed by atoms with Gasteiger partial charge in [0.05, 0.1) is 17.7 Å². The Kier molecular flexibility index (Phi) is 10.3. The average molecular weight is 580 g/mol. The number of nitriles is 1. The standard InChI is InChI=1S/C33H37N7O3/c34-22-27-8-6-24(7-9-27)12-15-32(42)40-18-16-26(17-19-40)21-31(41)35-30(33-36-38-39-37-33)20-25-10-13-29(14-11-25)43-23-28-4-2-1-3-5-28/h1-11,13-14,26,30,33H,12,15-21,23H2,(H,35,41)(H,36,39)(H,37,38). The van der Waals surface area contributed by atoms with Gasteiger partial charge in [-0.3, -0.25) is 9.59 Å². The summed E-state index contributed by atoms with van der Waals surface area (Å²) in [6.45, 7) is 1.83. The Labute approximate surface area is 252 Å². The van der Waals surface area contributed by atoms with Crippen LogP contribution in [-0.4, -0.2) is 42.0 Å². The topological polar surface area (TPSA) is 131 Å². The van der Waals surface area contributed by atoms with E-state index >= 15 is 0 Å². The van der Waals surface area contributed by atoms with Gasteiger partial charge in [0, 0.05) is 25.9 Å². The number of carbonyl (C=O) groups is 2. The van der Waals surface area contributed by atoms with E-state index in [-0.39, 0.29) is 29.9 Å². The molecule has 2 unspecified atom stereocenters. The maximum Gasteiger partial charge on any atom is 0.222 e. The van der Waals surface area contributed by atoms with Crippen LogP contribution in [0.3, 0.4) is 0 Å². The average Bonchev–Trinajstić information content (AvgIpc) is 3.59. The van der Waals surface area contributed by atoms with Gasteiger partial charge < -0.3 is 15.0 Å². The molecule has 43 heavy (non-hydrogen) atoms. The summed E-state index contributed by atoms with van der Waals surface area (Å²) in [5.41, 5.74) is 9.49. The first-order valence-corrected chi connectivity index (χ1v) is 14.8. The van der Waals surface area contributed by atoms with Crippen molar-refractivity contribution >= 4 is 11.8 Å². The smallest absolute Gasteiger partial charge is 0.222 e. The number of likely N-dealkylation sites (tertiary alicyclic amines) is 1. The number of piperidine rings is 1. The summed E-state index contributed by atoms with van der Waals surface area (Å²) in [5.74, 6) is 1.12. The summed E-state index contributed by atoms with van der Waals surface area (Å²) in [5, 5.41) is 20.1. The molecule has 1 fully saturated rings. The van der Waals surface area contributed by atoms with E-state index in [4.69, 9.17) is 10.00 Å². The summed E-state index contributed by atoms with van der Waals surface area (Å²) in [4.78, 5) is 27.8. The summed E-state index contributed by atoms with van der Waals surface area (Å²) in [7, 11) is 0. The first-order chi connectivity index (χ1) is 21.1. The van der Waals surface area contributed by atoms with Crippen molar-refractivity contribution in [1.29, 1.82) is 5.26 Å². The number of aryl methyl sites for hydroxylation is 1. The first kappa shape index (κ1) is 29.7. The lowest BCUT2D eigenvalue weighted by molar-refractivity contribution is -0.132. The van der Waals surface area contributed by atoms with E-state index < -0.39 is 0 Å². The highest BCUT2D eigenvalue weighted by Gasteiger charge is 2.29. The van der Waals surface area contributed by atoms with Crippen molar-refractivity contribution < 1.29 is 14.3 Å². The van der Waals surface area contributed by atoms with Crippen molar-refractivity contribution in [3.05, 3.63) is 101 Å². The van der Waals surface area contributed by atoms with Gasteiger partial charge in [0.1, 0.15) is 12.4 Å². The molecule has 0 aliphatic carbocycles. The first-order valence-electron chi connectivity index (χ1n) is 14.8. The molecule has 1 saturated heterocycles. The van der Waals surface area contributed by atoms with Crippen LogP contribution in [-0.2, 0) is 29.0 Å². The number of carbonyl (C=O) groups excluding carboxylic acids is 2. The Bertz CT molecular complexity index is 1410. The zero-order valence-corrected chi connectivity index (χ0v) is 24.1. The summed E-state index contributed by atoms with van der Waals surface area (Å²) >= 11 is 0. The van der Waals surface area contributed by atoms with Crippen LogP contribution in [0.1, 0.15) is 47.9 Å². The second-order valence-electron chi connectivity index (χ2n) is 11.0. The third-order valence-electron chi connectivity index (χ3n) is 7.95. The van der Waals surface area contributed by atoms with Crippen molar-refractivity contribution in [3.8, 4) is 11.8 Å². The molecule has 10 heteroatoms. The third-order valence-corrected chi connectivity index (χ3v) is 7.95. The number of hydrogen-bond acceptors (Lipinski definition) is 8. The van der Waals surface area contributed by atoms with Gasteiger partial charge in [0.15, 0.2) is 6.17 Å². The van der Waals surface area contributed by atoms with Gasteiger partial charge in [0.2, 0.25) is 11.8 Å². The van der Waals surface area contributed by atoms with Gasteiger partial charge in [-0.25, -0.2) is 5.53 Å². The Morgan fingerprint density at radius 2 is 1.70 bits per heavy atom. The van der Waals surface area contributed by atoms with E-state index in [1.807, 2.05) is 71.6 Å². The molecule has 222 valence electrons. The van der Waals surface area contributed by atoms with E-state index in [0.29, 0.717) is 50.9 Å². The van der Waals surface area contributed by atoms with Gasteiger partial charge in [0.25, 0.3) is 0 Å². The van der Waals surface area contributed by atoms with E-state index in [0.717, 1.165) is 35.3 Å². The van der Waals surface area contributed by atoms with Gasteiger partial charge in [-0.05, 0) is 72.6 Å². The van der Waals surface area contributed by atoms with E-state index in [1.165, 1.54) is 0 Å². The van der Waals surface area contributed by atoms with Crippen molar-refractivity contribution in [2.75, 3.05) is 13.1 Å². The molecule has 3 aromatic rings. The lowest BCUT2D eigenvalue weighted by Gasteiger charge is -2.32. The number of rotatable bonds is 12. The number of hydrogen-bond donors (Lipinski definition) is 3. The van der Waals surface area contributed by atoms with Gasteiger partial charge in [-0.2, -0.15) is 10.7 Å². The van der Waals surface area contributed by atoms with E-state index in [1.54, 1.807) is 12.1 Å². The fraction of sp³-hybridized carbons (Fsp3) is 0.364. The summed E-state index contributed by atoms with van der Waals surface area (Å²) in [6.07, 6.45) is 3.30. The number of nitrogens with zero attached hydrogens (tertiary/aromatic N) is 4. The molecule has 10 nitrogen and oxygen atoms in total. The molecular weight excluding hydrogens is 542 g/mol. The van der Waals surface area contributed by atoms with Crippen molar-refractivity contribution in [2.24, 2.45) is 16.3 Å². The minimum Gasteiger partial charge on any atom is -0.489 e. The molecule has 0 bridgehead atoms. The molecule has 0 saturated carbocycles. The zero-order valence-electron chi connectivity index (χ0n) is 24.1. The molecule has 2 heterocycles. The van der Waals surface area contributed by atoms with Crippen molar-refractivity contribution in [1.82, 2.24) is 21.2 Å². The van der Waals surface area contributed by atoms with Crippen LogP contribution in [0, 0.1) is 17.2 Å². The Morgan fingerprint density at radius 1 is 0.977 bits per heavy atom. The predicted octanol–water partition coefficient (Wildman–Crippen LogP) is 4.23. The lowest BCUT2D eigenvalue weighted by atomic mass is 9.92. The maximum atomic E-state index is 13.1. The van der Waals surface area contributed by atoms with Crippen molar-refractivity contribution in [3.63, 3.8) is 0 Å². The molecule has 2 atom stereocenters. The molecule has 3 aromatic carbocycles. The molecule has 2 aliphatic heterocycles. The normalized spacial score (nSPS) is 17.1. The van der Waals surface area contributed by atoms with Crippen LogP contribution in [0.5, 0.6) is 5.75 Å². The van der Waals surface area contributed by atoms with E-state index in [9.17, 15) is 9.59 Å². The molecular formula is C33H37N7O3. The molecule has 0 radical (unpaired) electrons. The maximum absolute atomic E-state index is 13.1. The highest BCUT2D eigenvalue weighted by molar-refractivity contribution is 5.77. The molecule has 2 aliphatic rings. The zero-order chi connectivity index (χ0) is 29.9. The Hall–Kier alpha value is -4.75. The Morgan fingerprint density at radius 3 is 2.37 bits per heavy atom. The van der Waals surface area contributed by atoms with Crippen LogP contribution >= 0.6 is 0 Å². The fourth-order valence-electron chi connectivity index (χ4n) is 5.42. The highest BCUT2D eigenvalue weighted by atomic mass is 16.5. The van der Waals surface area contributed by atoms with Gasteiger partial charge in [-0.1, -0.05) is 59.8 Å². The van der Waals surface area contributed by atoms with Crippen LogP contribution in [0.2, 0.25) is 0 Å². The quantitative estimate of drug-likeness (QED) is 0.294. The van der Waals surface area contributed by atoms with Gasteiger partial charge >= 0.3 is 0 Å². The lowest BCUT2D eigenvalue weighted by Crippen LogP contribution is -2.51. The molecule has 5 rings (SSSR count). The highest BCUT2D eigenvalue weighted by Crippen LogP contribution is 2.22. The largest absolute Gasteiger partial charge is 0.489 e. The summed E-state index contributed by atoms with van der Waals surface area (Å²) < 4.78 is 5.90. The minimum atomic E-state index is -0.381. The molecule has 3 N–H and O–H groups in total. The second-order valence-corrected chi connectivity index (χ2v) is 11.0. The number of nitrogens with one attached hydrogen (secondary N) is 3. The number of hydrazine groups is 1. The number of benzene rings is 3. The number of amides is 2. The van der Waals surface area contributed by atoms with Crippen LogP contribution < -0.4 is 21.0 Å². The molecule has 0 spiro atoms. The third kappa shape index (κ3) is 8.87. The molecule has 2 amide bonds. The van der Waals surface area contributed by atoms with Crippen LogP contribution in [0.4, 0.5) is 0 Å². The van der Waals surface area contributed by atoms with Gasteiger partial charge in [-0.15, -0.1) is 5.11 Å². The predicted molar refractivity (Wildman–Crippen MR) is 161 cm³/mol. The minimum absolute atomic E-state index is 0.0256. The molecule has 0 aromatic heterocycles. The second kappa shape index (κ2) is 14.9.